The first kappa shape index (κ1) is 10.6. The van der Waals surface area contributed by atoms with Gasteiger partial charge in [0.15, 0.2) is 11.8 Å². The Morgan fingerprint density at radius 1 is 1.36 bits per heavy atom. The molecule has 0 saturated carbocycles. The van der Waals surface area contributed by atoms with Crippen molar-refractivity contribution in [3.8, 4) is 0 Å². The van der Waals surface area contributed by atoms with E-state index in [1.807, 2.05) is 26.0 Å². The van der Waals surface area contributed by atoms with Gasteiger partial charge in [0.2, 0.25) is 0 Å². The molecule has 1 rings (SSSR count). The smallest absolute Gasteiger partial charge is 0.190 e. The van der Waals surface area contributed by atoms with Crippen LogP contribution in [-0.2, 0) is 0 Å². The molecule has 14 heavy (non-hydrogen) atoms. The lowest BCUT2D eigenvalue weighted by Gasteiger charge is -2.06. The highest BCUT2D eigenvalue weighted by atomic mass is 16.3. The second-order valence-corrected chi connectivity index (χ2v) is 3.46. The number of nitrogens with zero attached hydrogens (tertiary/aromatic N) is 1. The molecule has 0 aliphatic heterocycles. The fourth-order valence-electron chi connectivity index (χ4n) is 1.36. The van der Waals surface area contributed by atoms with Gasteiger partial charge in [-0.3, -0.25) is 4.79 Å². The quantitative estimate of drug-likeness (QED) is 0.544. The van der Waals surface area contributed by atoms with E-state index >= 15 is 0 Å². The minimum absolute atomic E-state index is 0.211. The molecule has 0 amide bonds. The summed E-state index contributed by atoms with van der Waals surface area (Å²) in [6, 6.07) is 4.73. The average Bonchev–Trinajstić information content (AvgIpc) is 2.15. The molecule has 0 spiro atoms. The van der Waals surface area contributed by atoms with Crippen LogP contribution in [-0.4, -0.2) is 11.8 Å². The zero-order valence-corrected chi connectivity index (χ0v) is 8.57. The van der Waals surface area contributed by atoms with Gasteiger partial charge in [0.05, 0.1) is 0 Å². The molecule has 0 saturated heterocycles. The highest BCUT2D eigenvalue weighted by molar-refractivity contribution is 6.01. The van der Waals surface area contributed by atoms with Crippen LogP contribution >= 0.6 is 0 Å². The highest BCUT2D eigenvalue weighted by Crippen LogP contribution is 2.13. The Hall–Kier alpha value is -1.51. The van der Waals surface area contributed by atoms with Crippen LogP contribution in [0.2, 0.25) is 0 Å². The molecule has 0 aliphatic carbocycles. The van der Waals surface area contributed by atoms with Gasteiger partial charge in [-0.1, -0.05) is 28.9 Å². The number of hydrogen-bond donors (Lipinski definition) is 0. The standard InChI is InChI=1S/C11H13NO2/c1-7-4-5-10(8(2)6-7)11(13)9(3)12-14/h4-6,9H,1-3H3. The summed E-state index contributed by atoms with van der Waals surface area (Å²) < 4.78 is 0. The normalized spacial score (nSPS) is 12.2. The minimum Gasteiger partial charge on any atom is -0.292 e. The zero-order valence-electron chi connectivity index (χ0n) is 8.57. The van der Waals surface area contributed by atoms with E-state index in [1.165, 1.54) is 6.92 Å². The van der Waals surface area contributed by atoms with Crippen LogP contribution in [0.4, 0.5) is 0 Å². The van der Waals surface area contributed by atoms with Gasteiger partial charge >= 0.3 is 0 Å². The molecule has 1 aromatic rings. The molecule has 74 valence electrons. The molecule has 0 N–H and O–H groups in total. The monoisotopic (exact) mass is 191 g/mol. The van der Waals surface area contributed by atoms with E-state index in [0.717, 1.165) is 11.1 Å². The van der Waals surface area contributed by atoms with Crippen molar-refractivity contribution in [2.45, 2.75) is 26.8 Å². The van der Waals surface area contributed by atoms with E-state index in [0.29, 0.717) is 5.56 Å². The van der Waals surface area contributed by atoms with Crippen LogP contribution < -0.4 is 0 Å². The zero-order chi connectivity index (χ0) is 10.7. The van der Waals surface area contributed by atoms with E-state index in [9.17, 15) is 9.70 Å². The first-order valence-corrected chi connectivity index (χ1v) is 4.50. The van der Waals surface area contributed by atoms with Gasteiger partial charge in [-0.15, -0.1) is 0 Å². The molecule has 0 radical (unpaired) electrons. The first-order chi connectivity index (χ1) is 6.56. The van der Waals surface area contributed by atoms with Crippen LogP contribution in [0.15, 0.2) is 23.4 Å². The predicted octanol–water partition coefficient (Wildman–Crippen LogP) is 2.64. The number of carbonyl (C=O) groups excluding carboxylic acids is 1. The van der Waals surface area contributed by atoms with Crippen LogP contribution in [0.25, 0.3) is 0 Å². The van der Waals surface area contributed by atoms with Gasteiger partial charge < -0.3 is 0 Å². The van der Waals surface area contributed by atoms with Gasteiger partial charge in [0.25, 0.3) is 0 Å². The first-order valence-electron chi connectivity index (χ1n) is 4.50. The van der Waals surface area contributed by atoms with Gasteiger partial charge in [-0.25, -0.2) is 0 Å². The minimum atomic E-state index is -0.795. The summed E-state index contributed by atoms with van der Waals surface area (Å²) in [6.07, 6.45) is 0. The maximum atomic E-state index is 11.6. The molecule has 0 bridgehead atoms. The van der Waals surface area contributed by atoms with Gasteiger partial charge in [0.1, 0.15) is 0 Å². The van der Waals surface area contributed by atoms with E-state index in [4.69, 9.17) is 0 Å². The van der Waals surface area contributed by atoms with Crippen LogP contribution in [0, 0.1) is 18.8 Å². The Balaban J connectivity index is 3.07. The summed E-state index contributed by atoms with van der Waals surface area (Å²) in [5.41, 5.74) is 2.58. The topological polar surface area (TPSA) is 46.5 Å². The molecule has 0 aromatic heterocycles. The number of carbonyl (C=O) groups is 1. The Labute approximate surface area is 83.1 Å². The molecule has 0 heterocycles. The highest BCUT2D eigenvalue weighted by Gasteiger charge is 2.16. The summed E-state index contributed by atoms with van der Waals surface area (Å²) in [5.74, 6) is -0.211. The maximum absolute atomic E-state index is 11.6. The van der Waals surface area contributed by atoms with Gasteiger partial charge in [0, 0.05) is 5.56 Å². The van der Waals surface area contributed by atoms with E-state index in [1.54, 1.807) is 6.07 Å². The third-order valence-corrected chi connectivity index (χ3v) is 2.18. The maximum Gasteiger partial charge on any atom is 0.190 e. The largest absolute Gasteiger partial charge is 0.292 e. The third kappa shape index (κ3) is 2.05. The molecule has 1 atom stereocenters. The van der Waals surface area contributed by atoms with Crippen LogP contribution in [0.5, 0.6) is 0 Å². The lowest BCUT2D eigenvalue weighted by Crippen LogP contribution is -2.15. The van der Waals surface area contributed by atoms with E-state index < -0.39 is 6.04 Å². The number of nitroso groups, excluding NO2 is 1. The van der Waals surface area contributed by atoms with Crippen molar-refractivity contribution in [1.29, 1.82) is 0 Å². The molecule has 1 aromatic carbocycles. The van der Waals surface area contributed by atoms with Crippen molar-refractivity contribution >= 4 is 5.78 Å². The second kappa shape index (κ2) is 4.13. The molecular weight excluding hydrogens is 178 g/mol. The lowest BCUT2D eigenvalue weighted by molar-refractivity contribution is 0.0968. The summed E-state index contributed by atoms with van der Waals surface area (Å²) in [4.78, 5) is 21.8. The number of rotatable bonds is 3. The van der Waals surface area contributed by atoms with Crippen molar-refractivity contribution in [3.05, 3.63) is 39.8 Å². The molecule has 1 unspecified atom stereocenters. The van der Waals surface area contributed by atoms with Gasteiger partial charge in [-0.05, 0) is 26.3 Å². The average molecular weight is 191 g/mol. The van der Waals surface area contributed by atoms with Crippen LogP contribution in [0.3, 0.4) is 0 Å². The number of ketones is 1. The van der Waals surface area contributed by atoms with Crippen molar-refractivity contribution in [2.75, 3.05) is 0 Å². The summed E-state index contributed by atoms with van der Waals surface area (Å²) in [7, 11) is 0. The summed E-state index contributed by atoms with van der Waals surface area (Å²) in [6.45, 7) is 5.33. The fraction of sp³-hybridized carbons (Fsp3) is 0.364. The predicted molar refractivity (Wildman–Crippen MR) is 55.5 cm³/mol. The molecule has 3 nitrogen and oxygen atoms in total. The van der Waals surface area contributed by atoms with Crippen molar-refractivity contribution in [1.82, 2.24) is 0 Å². The lowest BCUT2D eigenvalue weighted by atomic mass is 9.99. The van der Waals surface area contributed by atoms with Crippen molar-refractivity contribution in [2.24, 2.45) is 5.18 Å². The summed E-state index contributed by atoms with van der Waals surface area (Å²) in [5, 5.41) is 2.73. The molecular formula is C11H13NO2. The van der Waals surface area contributed by atoms with E-state index in [2.05, 4.69) is 5.18 Å². The fourth-order valence-corrected chi connectivity index (χ4v) is 1.36. The molecule has 3 heteroatoms. The Morgan fingerprint density at radius 3 is 2.50 bits per heavy atom. The summed E-state index contributed by atoms with van der Waals surface area (Å²) >= 11 is 0. The Morgan fingerprint density at radius 2 is 2.00 bits per heavy atom. The Bertz CT molecular complexity index is 372. The number of hydrogen-bond acceptors (Lipinski definition) is 3. The molecule has 0 fully saturated rings. The third-order valence-electron chi connectivity index (χ3n) is 2.18. The molecule has 0 aliphatic rings. The van der Waals surface area contributed by atoms with E-state index in [-0.39, 0.29) is 5.78 Å². The second-order valence-electron chi connectivity index (χ2n) is 3.46. The van der Waals surface area contributed by atoms with Gasteiger partial charge in [-0.2, -0.15) is 4.91 Å². The Kier molecular flexibility index (Phi) is 3.12. The van der Waals surface area contributed by atoms with Crippen molar-refractivity contribution in [3.63, 3.8) is 0 Å². The SMILES string of the molecule is Cc1ccc(C(=O)C(C)N=O)c(C)c1. The number of benzene rings is 1. The number of Topliss-reactive ketones (excluding diaryl/α,β-unsaturated/α-hetero) is 1. The number of aryl methyl sites for hydroxylation is 2. The van der Waals surface area contributed by atoms with Crippen LogP contribution in [0.1, 0.15) is 28.4 Å². The van der Waals surface area contributed by atoms with Crippen molar-refractivity contribution < 1.29 is 4.79 Å².